The summed E-state index contributed by atoms with van der Waals surface area (Å²) in [5.74, 6) is 0.442. The molecule has 1 heterocycles. The minimum atomic E-state index is -0.860. The first-order valence-corrected chi connectivity index (χ1v) is 7.12. The lowest BCUT2D eigenvalue weighted by Gasteiger charge is -2.09. The molecular weight excluding hydrogens is 282 g/mol. The molecule has 0 bridgehead atoms. The Bertz CT molecular complexity index is 519. The summed E-state index contributed by atoms with van der Waals surface area (Å²) in [5.41, 5.74) is 0.630. The van der Waals surface area contributed by atoms with Gasteiger partial charge in [-0.3, -0.25) is 9.59 Å². The molecule has 0 radical (unpaired) electrons. The topological polar surface area (TPSA) is 84.9 Å². The van der Waals surface area contributed by atoms with Gasteiger partial charge in [0.15, 0.2) is 11.5 Å². The molecule has 0 fully saturated rings. The molecule has 1 unspecified atom stereocenters. The van der Waals surface area contributed by atoms with Crippen molar-refractivity contribution in [3.05, 3.63) is 18.2 Å². The van der Waals surface area contributed by atoms with E-state index in [1.807, 2.05) is 0 Å². The number of amides is 1. The van der Waals surface area contributed by atoms with Crippen LogP contribution in [0.15, 0.2) is 18.2 Å². The average Bonchev–Trinajstić information content (AvgIpc) is 2.83. The van der Waals surface area contributed by atoms with Gasteiger partial charge in [0.25, 0.3) is 0 Å². The zero-order valence-electron chi connectivity index (χ0n) is 10.9. The first-order chi connectivity index (χ1) is 9.54. The molecule has 0 saturated carbocycles. The van der Waals surface area contributed by atoms with Crippen molar-refractivity contribution in [2.45, 2.75) is 18.6 Å². The van der Waals surface area contributed by atoms with Gasteiger partial charge in [0.1, 0.15) is 0 Å². The lowest BCUT2D eigenvalue weighted by molar-refractivity contribution is -0.136. The van der Waals surface area contributed by atoms with E-state index in [1.54, 1.807) is 25.1 Å². The lowest BCUT2D eigenvalue weighted by atomic mass is 10.3. The van der Waals surface area contributed by atoms with Crippen molar-refractivity contribution in [2.75, 3.05) is 17.9 Å². The van der Waals surface area contributed by atoms with Crippen LogP contribution >= 0.6 is 11.8 Å². The normalized spacial score (nSPS) is 13.8. The number of rotatable bonds is 6. The van der Waals surface area contributed by atoms with Gasteiger partial charge in [0.05, 0.1) is 12.2 Å². The molecule has 2 N–H and O–H groups in total. The first-order valence-electron chi connectivity index (χ1n) is 6.07. The highest BCUT2D eigenvalue weighted by atomic mass is 32.2. The molecule has 0 aliphatic carbocycles. The van der Waals surface area contributed by atoms with Gasteiger partial charge < -0.3 is 19.9 Å². The number of carbonyl (C=O) groups is 2. The van der Waals surface area contributed by atoms with Crippen LogP contribution < -0.4 is 14.8 Å². The standard InChI is InChI=1S/C13H15NO5S/c1-8(4-13(16)17)20-6-12(15)14-9-2-3-10-11(5-9)19-7-18-10/h2-3,5,8H,4,6-7H2,1H3,(H,14,15)(H,16,17). The van der Waals surface area contributed by atoms with Crippen molar-refractivity contribution in [1.82, 2.24) is 0 Å². The van der Waals surface area contributed by atoms with Crippen LogP contribution in [0.3, 0.4) is 0 Å². The highest BCUT2D eigenvalue weighted by Crippen LogP contribution is 2.34. The smallest absolute Gasteiger partial charge is 0.304 e. The SMILES string of the molecule is CC(CC(=O)O)SCC(=O)Nc1ccc2c(c1)OCO2. The molecule has 1 aromatic carbocycles. The van der Waals surface area contributed by atoms with E-state index in [4.69, 9.17) is 14.6 Å². The number of carbonyl (C=O) groups excluding carboxylic acids is 1. The molecule has 2 rings (SSSR count). The highest BCUT2D eigenvalue weighted by Gasteiger charge is 2.15. The van der Waals surface area contributed by atoms with Crippen LogP contribution in [0.2, 0.25) is 0 Å². The number of fused-ring (bicyclic) bond motifs is 1. The van der Waals surface area contributed by atoms with E-state index in [2.05, 4.69) is 5.32 Å². The highest BCUT2D eigenvalue weighted by molar-refractivity contribution is 8.00. The quantitative estimate of drug-likeness (QED) is 0.835. The summed E-state index contributed by atoms with van der Waals surface area (Å²) < 4.78 is 10.4. The molecule has 0 aromatic heterocycles. The Kier molecular flexibility index (Phi) is 4.73. The molecule has 6 nitrogen and oxygen atoms in total. The number of carboxylic acids is 1. The molecule has 1 aromatic rings. The monoisotopic (exact) mass is 297 g/mol. The summed E-state index contributed by atoms with van der Waals surface area (Å²) in [4.78, 5) is 22.3. The van der Waals surface area contributed by atoms with Gasteiger partial charge >= 0.3 is 5.97 Å². The minimum absolute atomic E-state index is 0.0436. The third-order valence-corrected chi connectivity index (χ3v) is 3.78. The van der Waals surface area contributed by atoms with E-state index < -0.39 is 5.97 Å². The fourth-order valence-corrected chi connectivity index (χ4v) is 2.46. The molecule has 1 amide bonds. The van der Waals surface area contributed by atoms with Crippen LogP contribution in [0.1, 0.15) is 13.3 Å². The number of anilines is 1. The minimum Gasteiger partial charge on any atom is -0.481 e. The Morgan fingerprint density at radius 1 is 1.40 bits per heavy atom. The Morgan fingerprint density at radius 2 is 2.15 bits per heavy atom. The van der Waals surface area contributed by atoms with Crippen LogP contribution in [0, 0.1) is 0 Å². The zero-order valence-corrected chi connectivity index (χ0v) is 11.7. The molecule has 108 valence electrons. The van der Waals surface area contributed by atoms with E-state index in [1.165, 1.54) is 11.8 Å². The van der Waals surface area contributed by atoms with E-state index in [-0.39, 0.29) is 30.1 Å². The average molecular weight is 297 g/mol. The summed E-state index contributed by atoms with van der Waals surface area (Å²) in [6.07, 6.45) is 0.0436. The largest absolute Gasteiger partial charge is 0.481 e. The van der Waals surface area contributed by atoms with Gasteiger partial charge in [-0.25, -0.2) is 0 Å². The first kappa shape index (κ1) is 14.5. The van der Waals surface area contributed by atoms with Crippen LogP contribution in [0.5, 0.6) is 11.5 Å². The molecule has 1 aliphatic heterocycles. The van der Waals surface area contributed by atoms with Crippen LogP contribution in [-0.2, 0) is 9.59 Å². The maximum absolute atomic E-state index is 11.8. The van der Waals surface area contributed by atoms with Crippen molar-refractivity contribution in [3.63, 3.8) is 0 Å². The summed E-state index contributed by atoms with van der Waals surface area (Å²) in [5, 5.41) is 11.3. The van der Waals surface area contributed by atoms with Crippen molar-refractivity contribution in [1.29, 1.82) is 0 Å². The van der Waals surface area contributed by atoms with Gasteiger partial charge in [-0.15, -0.1) is 11.8 Å². The van der Waals surface area contributed by atoms with Crippen LogP contribution in [0.4, 0.5) is 5.69 Å². The molecular formula is C13H15NO5S. The molecule has 7 heteroatoms. The van der Waals surface area contributed by atoms with E-state index >= 15 is 0 Å². The van der Waals surface area contributed by atoms with Crippen molar-refractivity contribution in [2.24, 2.45) is 0 Å². The maximum Gasteiger partial charge on any atom is 0.304 e. The summed E-state index contributed by atoms with van der Waals surface area (Å²) in [6, 6.07) is 5.17. The van der Waals surface area contributed by atoms with Crippen molar-refractivity contribution < 1.29 is 24.2 Å². The summed E-state index contributed by atoms with van der Waals surface area (Å²) in [7, 11) is 0. The number of nitrogens with one attached hydrogen (secondary N) is 1. The third kappa shape index (κ3) is 4.06. The predicted octanol–water partition coefficient (Wildman–Crippen LogP) is 1.95. The van der Waals surface area contributed by atoms with E-state index in [0.29, 0.717) is 17.2 Å². The number of carboxylic acid groups (broad SMARTS) is 1. The molecule has 1 aliphatic rings. The van der Waals surface area contributed by atoms with E-state index in [9.17, 15) is 9.59 Å². The molecule has 1 atom stereocenters. The van der Waals surface area contributed by atoms with Gasteiger partial charge in [0.2, 0.25) is 12.7 Å². The Labute approximate surface area is 120 Å². The number of ether oxygens (including phenoxy) is 2. The molecule has 20 heavy (non-hydrogen) atoms. The second-order valence-corrected chi connectivity index (χ2v) is 5.76. The Hall–Kier alpha value is -1.89. The van der Waals surface area contributed by atoms with Gasteiger partial charge in [0, 0.05) is 17.0 Å². The Balaban J connectivity index is 1.81. The van der Waals surface area contributed by atoms with Crippen LogP contribution in [-0.4, -0.2) is 34.8 Å². The molecule has 0 saturated heterocycles. The number of hydrogen-bond donors (Lipinski definition) is 2. The second-order valence-electron chi connectivity index (χ2n) is 4.34. The van der Waals surface area contributed by atoms with Crippen LogP contribution in [0.25, 0.3) is 0 Å². The zero-order chi connectivity index (χ0) is 14.5. The van der Waals surface area contributed by atoms with Gasteiger partial charge in [-0.1, -0.05) is 6.92 Å². The lowest BCUT2D eigenvalue weighted by Crippen LogP contribution is -2.16. The fraction of sp³-hybridized carbons (Fsp3) is 0.385. The number of hydrogen-bond acceptors (Lipinski definition) is 5. The summed E-state index contributed by atoms with van der Waals surface area (Å²) in [6.45, 7) is 1.97. The van der Waals surface area contributed by atoms with Gasteiger partial charge in [-0.05, 0) is 12.1 Å². The van der Waals surface area contributed by atoms with Crippen molar-refractivity contribution >= 4 is 29.3 Å². The number of thioether (sulfide) groups is 1. The fourth-order valence-electron chi connectivity index (χ4n) is 1.69. The van der Waals surface area contributed by atoms with E-state index in [0.717, 1.165) is 0 Å². The Morgan fingerprint density at radius 3 is 2.90 bits per heavy atom. The van der Waals surface area contributed by atoms with Gasteiger partial charge in [-0.2, -0.15) is 0 Å². The summed E-state index contributed by atoms with van der Waals surface area (Å²) >= 11 is 1.31. The number of benzene rings is 1. The second kappa shape index (κ2) is 6.51. The predicted molar refractivity (Wildman–Crippen MR) is 75.4 cm³/mol. The molecule has 0 spiro atoms. The maximum atomic E-state index is 11.8. The number of aliphatic carboxylic acids is 1. The third-order valence-electron chi connectivity index (χ3n) is 2.62. The van der Waals surface area contributed by atoms with Crippen molar-refractivity contribution in [3.8, 4) is 11.5 Å².